The van der Waals surface area contributed by atoms with Crippen molar-refractivity contribution in [2.45, 2.75) is 13.3 Å². The van der Waals surface area contributed by atoms with Crippen molar-refractivity contribution in [2.75, 3.05) is 0 Å². The number of rotatable bonds is 0. The van der Waals surface area contributed by atoms with Crippen LogP contribution in [0.3, 0.4) is 0 Å². The van der Waals surface area contributed by atoms with Crippen molar-refractivity contribution in [1.29, 1.82) is 0 Å². The predicted molar refractivity (Wildman–Crippen MR) is 40.8 cm³/mol. The number of fused-ring (bicyclic) bond motifs is 1. The van der Waals surface area contributed by atoms with Gasteiger partial charge in [-0.25, -0.2) is 4.63 Å². The van der Waals surface area contributed by atoms with E-state index in [1.165, 1.54) is 0 Å². The van der Waals surface area contributed by atoms with Crippen molar-refractivity contribution in [2.24, 2.45) is 0 Å². The lowest BCUT2D eigenvalue weighted by Gasteiger charge is -1.90. The van der Waals surface area contributed by atoms with Gasteiger partial charge in [0.05, 0.1) is 0 Å². The Balaban J connectivity index is 2.56. The topological polar surface area (TPSA) is 38.9 Å². The molecule has 0 atom stereocenters. The van der Waals surface area contributed by atoms with E-state index in [2.05, 4.69) is 14.9 Å². The highest BCUT2D eigenvalue weighted by Crippen LogP contribution is 2.17. The summed E-state index contributed by atoms with van der Waals surface area (Å²) in [5.74, 6) is 0. The van der Waals surface area contributed by atoms with E-state index in [9.17, 15) is 0 Å². The number of aromatic nitrogens is 2. The Morgan fingerprint density at radius 2 is 2.36 bits per heavy atom. The van der Waals surface area contributed by atoms with Gasteiger partial charge in [-0.2, -0.15) is 0 Å². The van der Waals surface area contributed by atoms with Crippen LogP contribution in [0.5, 0.6) is 0 Å². The van der Waals surface area contributed by atoms with Gasteiger partial charge in [-0.15, -0.1) is 0 Å². The Morgan fingerprint density at radius 3 is 3.27 bits per heavy atom. The molecule has 0 saturated heterocycles. The van der Waals surface area contributed by atoms with Crippen LogP contribution in [0, 0.1) is 0 Å². The van der Waals surface area contributed by atoms with Gasteiger partial charge < -0.3 is 0 Å². The molecule has 0 saturated carbocycles. The summed E-state index contributed by atoms with van der Waals surface area (Å²) in [5.41, 5.74) is 2.91. The Bertz CT molecular complexity index is 323. The largest absolute Gasteiger partial charge is 0.244 e. The van der Waals surface area contributed by atoms with Gasteiger partial charge in [-0.3, -0.25) is 0 Å². The second-order valence-electron chi connectivity index (χ2n) is 2.54. The molecule has 1 aromatic heterocycles. The highest BCUT2D eigenvalue weighted by atomic mass is 16.6. The smallest absolute Gasteiger partial charge is 0.134 e. The zero-order valence-electron chi connectivity index (χ0n) is 6.24. The van der Waals surface area contributed by atoms with Crippen molar-refractivity contribution < 1.29 is 4.63 Å². The van der Waals surface area contributed by atoms with Crippen LogP contribution < -0.4 is 0 Å². The van der Waals surface area contributed by atoms with E-state index in [1.807, 2.05) is 25.2 Å². The van der Waals surface area contributed by atoms with E-state index in [4.69, 9.17) is 0 Å². The molecule has 1 aliphatic carbocycles. The molecule has 0 unspecified atom stereocenters. The van der Waals surface area contributed by atoms with Crippen LogP contribution in [0.1, 0.15) is 18.3 Å². The summed E-state index contributed by atoms with van der Waals surface area (Å²) in [4.78, 5) is 0. The van der Waals surface area contributed by atoms with Crippen molar-refractivity contribution >= 4 is 5.57 Å². The molecule has 0 aromatic carbocycles. The van der Waals surface area contributed by atoms with Gasteiger partial charge in [0.1, 0.15) is 11.4 Å². The second kappa shape index (κ2) is 2.34. The molecule has 11 heavy (non-hydrogen) atoms. The quantitative estimate of drug-likeness (QED) is 0.560. The van der Waals surface area contributed by atoms with Crippen molar-refractivity contribution in [1.82, 2.24) is 10.3 Å². The molecular formula is C8H8N2O. The normalized spacial score (nSPS) is 15.5. The fourth-order valence-electron chi connectivity index (χ4n) is 1.11. The molecule has 1 heterocycles. The van der Waals surface area contributed by atoms with Gasteiger partial charge in [0.2, 0.25) is 0 Å². The first kappa shape index (κ1) is 6.34. The summed E-state index contributed by atoms with van der Waals surface area (Å²) in [7, 11) is 0. The summed E-state index contributed by atoms with van der Waals surface area (Å²) >= 11 is 0. The first-order valence-electron chi connectivity index (χ1n) is 3.53. The Kier molecular flexibility index (Phi) is 1.35. The number of nitrogens with zero attached hydrogens (tertiary/aromatic N) is 2. The van der Waals surface area contributed by atoms with E-state index in [0.717, 1.165) is 23.4 Å². The van der Waals surface area contributed by atoms with E-state index in [-0.39, 0.29) is 0 Å². The molecule has 1 aromatic rings. The maximum atomic E-state index is 4.62. The molecule has 3 nitrogen and oxygen atoms in total. The van der Waals surface area contributed by atoms with Crippen LogP contribution in [0.25, 0.3) is 5.57 Å². The molecule has 0 spiro atoms. The van der Waals surface area contributed by atoms with Crippen LogP contribution in [0.2, 0.25) is 0 Å². The molecule has 0 bridgehead atoms. The molecular weight excluding hydrogens is 140 g/mol. The molecule has 0 amide bonds. The fraction of sp³-hybridized carbons (Fsp3) is 0.250. The standard InChI is InChI=1S/C8H8N2O/c1-6-4-2-3-5-7-8(6)10-11-9-7/h2-4H,5H2,1H3. The fourth-order valence-corrected chi connectivity index (χ4v) is 1.11. The summed E-state index contributed by atoms with van der Waals surface area (Å²) in [6.45, 7) is 2.00. The van der Waals surface area contributed by atoms with Crippen LogP contribution in [0.4, 0.5) is 0 Å². The molecule has 0 N–H and O–H groups in total. The summed E-state index contributed by atoms with van der Waals surface area (Å²) in [5, 5.41) is 7.59. The van der Waals surface area contributed by atoms with Crippen molar-refractivity contribution in [3.05, 3.63) is 29.6 Å². The summed E-state index contributed by atoms with van der Waals surface area (Å²) in [6.07, 6.45) is 6.88. The molecule has 1 aliphatic rings. The predicted octanol–water partition coefficient (Wildman–Crippen LogP) is 1.59. The van der Waals surface area contributed by atoms with E-state index in [1.54, 1.807) is 0 Å². The average Bonchev–Trinajstić information content (AvgIpc) is 2.40. The number of hydrogen-bond donors (Lipinski definition) is 0. The molecule has 0 radical (unpaired) electrons. The van der Waals surface area contributed by atoms with Gasteiger partial charge in [-0.05, 0) is 17.7 Å². The highest BCUT2D eigenvalue weighted by Gasteiger charge is 2.10. The minimum absolute atomic E-state index is 0.812. The zero-order chi connectivity index (χ0) is 7.68. The van der Waals surface area contributed by atoms with E-state index in [0.29, 0.717) is 0 Å². The van der Waals surface area contributed by atoms with Crippen LogP contribution in [-0.2, 0) is 6.42 Å². The van der Waals surface area contributed by atoms with E-state index >= 15 is 0 Å². The minimum atomic E-state index is 0.812. The van der Waals surface area contributed by atoms with Gasteiger partial charge >= 0.3 is 0 Å². The van der Waals surface area contributed by atoms with Crippen molar-refractivity contribution in [3.8, 4) is 0 Å². The molecule has 0 fully saturated rings. The van der Waals surface area contributed by atoms with Gasteiger partial charge in [0.15, 0.2) is 0 Å². The molecule has 3 heteroatoms. The summed E-state index contributed by atoms with van der Waals surface area (Å²) in [6, 6.07) is 0. The maximum absolute atomic E-state index is 4.62. The monoisotopic (exact) mass is 148 g/mol. The Hall–Kier alpha value is -1.38. The van der Waals surface area contributed by atoms with Gasteiger partial charge in [0, 0.05) is 6.42 Å². The SMILES string of the molecule is CC1=CC=CCc2nonc21. The molecule has 56 valence electrons. The van der Waals surface area contributed by atoms with Crippen LogP contribution >= 0.6 is 0 Å². The summed E-state index contributed by atoms with van der Waals surface area (Å²) < 4.78 is 4.62. The molecule has 2 rings (SSSR count). The van der Waals surface area contributed by atoms with Crippen molar-refractivity contribution in [3.63, 3.8) is 0 Å². The minimum Gasteiger partial charge on any atom is -0.244 e. The maximum Gasteiger partial charge on any atom is 0.134 e. The van der Waals surface area contributed by atoms with Crippen LogP contribution in [-0.4, -0.2) is 10.3 Å². The van der Waals surface area contributed by atoms with Gasteiger partial charge in [-0.1, -0.05) is 23.4 Å². The third-order valence-electron chi connectivity index (χ3n) is 1.72. The third-order valence-corrected chi connectivity index (χ3v) is 1.72. The molecule has 0 aliphatic heterocycles. The lowest BCUT2D eigenvalue weighted by atomic mass is 10.2. The Morgan fingerprint density at radius 1 is 1.45 bits per heavy atom. The third kappa shape index (κ3) is 0.981. The van der Waals surface area contributed by atoms with Gasteiger partial charge in [0.25, 0.3) is 0 Å². The first-order valence-corrected chi connectivity index (χ1v) is 3.53. The lowest BCUT2D eigenvalue weighted by molar-refractivity contribution is 0.303. The lowest BCUT2D eigenvalue weighted by Crippen LogP contribution is -1.86. The van der Waals surface area contributed by atoms with E-state index < -0.39 is 0 Å². The number of allylic oxidation sites excluding steroid dienone is 4. The highest BCUT2D eigenvalue weighted by molar-refractivity contribution is 5.64. The number of hydrogen-bond acceptors (Lipinski definition) is 3. The second-order valence-corrected chi connectivity index (χ2v) is 2.54. The first-order chi connectivity index (χ1) is 5.38. The Labute approximate surface area is 64.4 Å². The zero-order valence-corrected chi connectivity index (χ0v) is 6.24. The van der Waals surface area contributed by atoms with Crippen LogP contribution in [0.15, 0.2) is 22.9 Å². The average molecular weight is 148 g/mol.